The summed E-state index contributed by atoms with van der Waals surface area (Å²) in [5.41, 5.74) is 1.03. The molecule has 174 valence electrons. The molecule has 1 amide bonds. The van der Waals surface area contributed by atoms with Crippen molar-refractivity contribution in [1.82, 2.24) is 4.90 Å². The maximum absolute atomic E-state index is 13.0. The van der Waals surface area contributed by atoms with Crippen LogP contribution in [-0.2, 0) is 15.7 Å². The number of piperazine rings is 1. The van der Waals surface area contributed by atoms with E-state index >= 15 is 0 Å². The van der Waals surface area contributed by atoms with Crippen molar-refractivity contribution >= 4 is 33.9 Å². The Labute approximate surface area is 189 Å². The third kappa shape index (κ3) is 5.60. The van der Waals surface area contributed by atoms with Gasteiger partial charge in [0.25, 0.3) is 0 Å². The summed E-state index contributed by atoms with van der Waals surface area (Å²) >= 11 is 1.34. The molecule has 1 aromatic heterocycles. The fraction of sp³-hybridized carbons (Fsp3) is 0.455. The highest BCUT2D eigenvalue weighted by molar-refractivity contribution is 7.16. The predicted molar refractivity (Wildman–Crippen MR) is 118 cm³/mol. The van der Waals surface area contributed by atoms with Crippen molar-refractivity contribution in [2.45, 2.75) is 26.9 Å². The summed E-state index contributed by atoms with van der Waals surface area (Å²) in [4.78, 5) is 29.6. The van der Waals surface area contributed by atoms with E-state index in [9.17, 15) is 22.8 Å². The molecule has 1 aliphatic rings. The summed E-state index contributed by atoms with van der Waals surface area (Å²) in [5, 5.41) is 3.30. The maximum atomic E-state index is 13.0. The van der Waals surface area contributed by atoms with Crippen LogP contribution in [0.15, 0.2) is 24.3 Å². The third-order valence-electron chi connectivity index (χ3n) is 5.40. The smallest absolute Gasteiger partial charge is 0.416 e. The van der Waals surface area contributed by atoms with Gasteiger partial charge < -0.3 is 15.0 Å². The molecule has 0 atom stereocenters. The van der Waals surface area contributed by atoms with Gasteiger partial charge in [0.05, 0.1) is 24.3 Å². The van der Waals surface area contributed by atoms with Gasteiger partial charge in [0.15, 0.2) is 0 Å². The Morgan fingerprint density at radius 1 is 1.16 bits per heavy atom. The molecule has 0 saturated carbocycles. The molecule has 2 heterocycles. The van der Waals surface area contributed by atoms with E-state index in [0.717, 1.165) is 22.6 Å². The van der Waals surface area contributed by atoms with Gasteiger partial charge in [-0.2, -0.15) is 13.2 Å². The van der Waals surface area contributed by atoms with E-state index in [1.807, 2.05) is 23.6 Å². The molecule has 3 rings (SSSR count). The number of esters is 1. The number of aryl methyl sites for hydroxylation is 1. The molecule has 1 fully saturated rings. The molecule has 0 bridgehead atoms. The van der Waals surface area contributed by atoms with E-state index in [1.165, 1.54) is 17.4 Å². The SMILES string of the molecule is CCOC(=O)c1c(NC(=O)CN2CCN(c3cccc(C(F)(F)F)c3)CC2)sc(C)c1C. The second-order valence-electron chi connectivity index (χ2n) is 7.57. The number of alkyl halides is 3. The fourth-order valence-corrected chi connectivity index (χ4v) is 4.64. The number of nitrogens with one attached hydrogen (secondary N) is 1. The topological polar surface area (TPSA) is 61.9 Å². The van der Waals surface area contributed by atoms with Crippen LogP contribution < -0.4 is 10.2 Å². The second-order valence-corrected chi connectivity index (χ2v) is 8.79. The molecular weight excluding hydrogens is 443 g/mol. The van der Waals surface area contributed by atoms with Gasteiger partial charge in [-0.25, -0.2) is 4.79 Å². The molecular formula is C22H26F3N3O3S. The zero-order valence-electron chi connectivity index (χ0n) is 18.2. The number of carbonyl (C=O) groups is 2. The molecule has 0 aliphatic carbocycles. The van der Waals surface area contributed by atoms with Crippen LogP contribution >= 0.6 is 11.3 Å². The summed E-state index contributed by atoms with van der Waals surface area (Å²) < 4.78 is 44.0. The lowest BCUT2D eigenvalue weighted by atomic mass is 10.1. The Kier molecular flexibility index (Phi) is 7.45. The Morgan fingerprint density at radius 2 is 1.84 bits per heavy atom. The molecule has 1 N–H and O–H groups in total. The molecule has 2 aromatic rings. The summed E-state index contributed by atoms with van der Waals surface area (Å²) in [6.45, 7) is 7.91. The molecule has 0 spiro atoms. The van der Waals surface area contributed by atoms with E-state index in [1.54, 1.807) is 13.0 Å². The van der Waals surface area contributed by atoms with Crippen LogP contribution in [0.4, 0.5) is 23.9 Å². The van der Waals surface area contributed by atoms with Crippen LogP contribution in [0.2, 0.25) is 0 Å². The van der Waals surface area contributed by atoms with E-state index in [0.29, 0.717) is 42.4 Å². The van der Waals surface area contributed by atoms with Crippen LogP contribution in [0.25, 0.3) is 0 Å². The first kappa shape index (κ1) is 24.1. The quantitative estimate of drug-likeness (QED) is 0.639. The lowest BCUT2D eigenvalue weighted by molar-refractivity contribution is -0.137. The first-order valence-corrected chi connectivity index (χ1v) is 11.1. The minimum absolute atomic E-state index is 0.134. The standard InChI is InChI=1S/C22H26F3N3O3S/c1-4-31-21(30)19-14(2)15(3)32-20(19)26-18(29)13-27-8-10-28(11-9-27)17-7-5-6-16(12-17)22(23,24)25/h5-7,12H,4,8-11,13H2,1-3H3,(H,26,29). The van der Waals surface area contributed by atoms with Gasteiger partial charge in [-0.3, -0.25) is 9.69 Å². The summed E-state index contributed by atoms with van der Waals surface area (Å²) in [7, 11) is 0. The maximum Gasteiger partial charge on any atom is 0.416 e. The number of carbonyl (C=O) groups excluding carboxylic acids is 2. The number of nitrogens with zero attached hydrogens (tertiary/aromatic N) is 2. The van der Waals surface area contributed by atoms with Gasteiger partial charge in [-0.15, -0.1) is 11.3 Å². The molecule has 1 saturated heterocycles. The van der Waals surface area contributed by atoms with Crippen LogP contribution in [0, 0.1) is 13.8 Å². The van der Waals surface area contributed by atoms with Crippen LogP contribution in [0.3, 0.4) is 0 Å². The normalized spacial score (nSPS) is 15.0. The van der Waals surface area contributed by atoms with E-state index in [2.05, 4.69) is 5.32 Å². The predicted octanol–water partition coefficient (Wildman–Crippen LogP) is 4.32. The molecule has 0 unspecified atom stereocenters. The number of hydrogen-bond donors (Lipinski definition) is 1. The van der Waals surface area contributed by atoms with Gasteiger partial charge in [0.1, 0.15) is 5.00 Å². The van der Waals surface area contributed by atoms with Crippen molar-refractivity contribution in [3.05, 3.63) is 45.8 Å². The van der Waals surface area contributed by atoms with Crippen molar-refractivity contribution < 1.29 is 27.5 Å². The number of halogens is 3. The first-order valence-electron chi connectivity index (χ1n) is 10.3. The Hall–Kier alpha value is -2.59. The van der Waals surface area contributed by atoms with E-state index < -0.39 is 17.7 Å². The van der Waals surface area contributed by atoms with Crippen LogP contribution in [0.5, 0.6) is 0 Å². The largest absolute Gasteiger partial charge is 0.462 e. The lowest BCUT2D eigenvalue weighted by Gasteiger charge is -2.36. The highest BCUT2D eigenvalue weighted by Gasteiger charge is 2.31. The number of amides is 1. The molecule has 6 nitrogen and oxygen atoms in total. The van der Waals surface area contributed by atoms with Gasteiger partial charge in [0.2, 0.25) is 5.91 Å². The first-order chi connectivity index (χ1) is 15.1. The number of rotatable bonds is 6. The summed E-state index contributed by atoms with van der Waals surface area (Å²) in [5.74, 6) is -0.705. The fourth-order valence-electron chi connectivity index (χ4n) is 3.58. The average molecular weight is 470 g/mol. The van der Waals surface area contributed by atoms with Crippen LogP contribution in [0.1, 0.15) is 33.3 Å². The zero-order chi connectivity index (χ0) is 23.5. The molecule has 10 heteroatoms. The van der Waals surface area contributed by atoms with Crippen molar-refractivity contribution in [3.8, 4) is 0 Å². The second kappa shape index (κ2) is 9.91. The molecule has 1 aliphatic heterocycles. The van der Waals surface area contributed by atoms with Gasteiger partial charge in [-0.1, -0.05) is 6.07 Å². The number of hydrogen-bond acceptors (Lipinski definition) is 6. The number of ether oxygens (including phenoxy) is 1. The Bertz CT molecular complexity index is 983. The van der Waals surface area contributed by atoms with Crippen molar-refractivity contribution in [3.63, 3.8) is 0 Å². The van der Waals surface area contributed by atoms with Crippen molar-refractivity contribution in [2.24, 2.45) is 0 Å². The van der Waals surface area contributed by atoms with E-state index in [4.69, 9.17) is 4.74 Å². The number of benzene rings is 1. The Balaban J connectivity index is 1.58. The molecule has 0 radical (unpaired) electrons. The zero-order valence-corrected chi connectivity index (χ0v) is 19.0. The van der Waals surface area contributed by atoms with Crippen molar-refractivity contribution in [1.29, 1.82) is 0 Å². The van der Waals surface area contributed by atoms with E-state index in [-0.39, 0.29) is 19.1 Å². The van der Waals surface area contributed by atoms with Gasteiger partial charge in [0, 0.05) is 36.7 Å². The Morgan fingerprint density at radius 3 is 2.47 bits per heavy atom. The minimum Gasteiger partial charge on any atom is -0.462 e. The summed E-state index contributed by atoms with van der Waals surface area (Å²) in [6.07, 6.45) is -4.38. The average Bonchev–Trinajstić information content (AvgIpc) is 3.01. The monoisotopic (exact) mass is 469 g/mol. The summed E-state index contributed by atoms with van der Waals surface area (Å²) in [6, 6.07) is 5.28. The molecule has 32 heavy (non-hydrogen) atoms. The van der Waals surface area contributed by atoms with Gasteiger partial charge >= 0.3 is 12.1 Å². The van der Waals surface area contributed by atoms with Crippen LogP contribution in [-0.4, -0.2) is 56.1 Å². The third-order valence-corrected chi connectivity index (χ3v) is 6.52. The molecule has 1 aromatic carbocycles. The number of thiophene rings is 1. The van der Waals surface area contributed by atoms with Crippen molar-refractivity contribution in [2.75, 3.05) is 49.5 Å². The highest BCUT2D eigenvalue weighted by Crippen LogP contribution is 2.33. The highest BCUT2D eigenvalue weighted by atomic mass is 32.1. The van der Waals surface area contributed by atoms with Gasteiger partial charge in [-0.05, 0) is 44.5 Å². The number of anilines is 2. The lowest BCUT2D eigenvalue weighted by Crippen LogP contribution is -2.48. The minimum atomic E-state index is -4.38.